The first-order chi connectivity index (χ1) is 23.6. The number of carbonyl (C=O) groups excluding carboxylic acids is 5. The number of nitrogens with one attached hydrogen (secondary N) is 2. The van der Waals surface area contributed by atoms with Gasteiger partial charge in [-0.1, -0.05) is 72.2 Å². The Labute approximate surface area is 312 Å². The lowest BCUT2D eigenvalue weighted by Gasteiger charge is -2.30. The highest BCUT2D eigenvalue weighted by Gasteiger charge is 2.55. The van der Waals surface area contributed by atoms with Gasteiger partial charge in [-0.2, -0.15) is 0 Å². The van der Waals surface area contributed by atoms with Crippen LogP contribution in [0.15, 0.2) is 36.4 Å². The first kappa shape index (κ1) is 41.8. The minimum atomic E-state index is -1.81. The fraction of sp³-hybridized carbons (Fsp3) is 0.564. The average Bonchev–Trinajstić information content (AvgIpc) is 3.26. The van der Waals surface area contributed by atoms with Crippen molar-refractivity contribution in [1.82, 2.24) is 4.90 Å². The molecule has 1 saturated heterocycles. The summed E-state index contributed by atoms with van der Waals surface area (Å²) in [6.07, 6.45) is 1.51. The molecule has 1 atom stereocenters. The Morgan fingerprint density at radius 3 is 2.16 bits per heavy atom. The van der Waals surface area contributed by atoms with E-state index in [0.717, 1.165) is 24.2 Å². The van der Waals surface area contributed by atoms with Crippen molar-refractivity contribution in [3.63, 3.8) is 0 Å². The summed E-state index contributed by atoms with van der Waals surface area (Å²) in [5.41, 5.74) is 1.26. The number of cyclic esters (lactones) is 1. The molecular formula is C39H54ClN3O7S. The molecule has 280 valence electrons. The van der Waals surface area contributed by atoms with Gasteiger partial charge in [-0.15, -0.1) is 11.8 Å². The van der Waals surface area contributed by atoms with E-state index in [9.17, 15) is 24.0 Å². The zero-order valence-corrected chi connectivity index (χ0v) is 33.4. The molecule has 2 N–H and O–H groups in total. The Bertz CT molecular complexity index is 1650. The van der Waals surface area contributed by atoms with Crippen LogP contribution in [0.4, 0.5) is 16.2 Å². The molecule has 1 heterocycles. The third kappa shape index (κ3) is 9.86. The minimum absolute atomic E-state index is 0.0432. The lowest BCUT2D eigenvalue weighted by molar-refractivity contribution is -0.143. The van der Waals surface area contributed by atoms with Gasteiger partial charge in [-0.25, -0.2) is 9.69 Å². The highest BCUT2D eigenvalue weighted by Crippen LogP contribution is 2.39. The van der Waals surface area contributed by atoms with Crippen molar-refractivity contribution in [2.75, 3.05) is 23.0 Å². The standard InChI is InChI=1S/C39H54ClN3O7S/c1-12-36(4,5)24-17-20-29(26(22-24)37(6,7)13-2)49-21-15-16-30(44)41-25-18-19-27(40)28(23-25)42-33(46)31(32(45)39(10,11)51-14-3)43-34(47)38(8,9)50-35(43)48/h17-20,22-23,31H,12-16,21H2,1-11H3,(H,41,44)(H,42,46). The number of hydrogen-bond acceptors (Lipinski definition) is 8. The van der Waals surface area contributed by atoms with Gasteiger partial charge in [0.15, 0.2) is 17.4 Å². The van der Waals surface area contributed by atoms with Crippen molar-refractivity contribution in [2.45, 2.75) is 129 Å². The first-order valence-corrected chi connectivity index (χ1v) is 18.9. The van der Waals surface area contributed by atoms with E-state index < -0.39 is 40.1 Å². The largest absolute Gasteiger partial charge is 0.493 e. The van der Waals surface area contributed by atoms with Gasteiger partial charge in [0.1, 0.15) is 5.75 Å². The molecule has 1 aliphatic heterocycles. The van der Waals surface area contributed by atoms with Crippen LogP contribution in [0, 0.1) is 0 Å². The van der Waals surface area contributed by atoms with E-state index in [1.807, 2.05) is 13.0 Å². The fourth-order valence-corrected chi connectivity index (χ4v) is 6.70. The number of Topliss-reactive ketones (excluding diaryl/α,β-unsaturated/α-hetero) is 1. The van der Waals surface area contributed by atoms with Crippen LogP contribution in [0.25, 0.3) is 0 Å². The molecule has 0 spiro atoms. The Kier molecular flexibility index (Phi) is 13.5. The zero-order chi connectivity index (χ0) is 38.5. The maximum absolute atomic E-state index is 13.8. The third-order valence-electron chi connectivity index (χ3n) is 9.70. The SMILES string of the molecule is CCSC(C)(C)C(=O)C(C(=O)Nc1cc(NC(=O)CCCOc2ccc(C(C)(C)CC)cc2C(C)(C)CC)ccc1Cl)N1C(=O)OC(C)(C)C1=O. The number of benzene rings is 2. The van der Waals surface area contributed by atoms with Crippen molar-refractivity contribution in [3.05, 3.63) is 52.5 Å². The summed E-state index contributed by atoms with van der Waals surface area (Å²) in [6, 6.07) is 9.12. The van der Waals surface area contributed by atoms with Crippen LogP contribution < -0.4 is 15.4 Å². The van der Waals surface area contributed by atoms with E-state index in [2.05, 4.69) is 64.3 Å². The highest BCUT2D eigenvalue weighted by molar-refractivity contribution is 8.01. The molecule has 51 heavy (non-hydrogen) atoms. The third-order valence-corrected chi connectivity index (χ3v) is 11.2. The lowest BCUT2D eigenvalue weighted by Crippen LogP contribution is -2.57. The van der Waals surface area contributed by atoms with Gasteiger partial charge in [0.2, 0.25) is 5.91 Å². The van der Waals surface area contributed by atoms with Gasteiger partial charge < -0.3 is 20.1 Å². The number of ketones is 1. The molecule has 1 fully saturated rings. The molecular weight excluding hydrogens is 690 g/mol. The number of rotatable bonds is 17. The number of amides is 4. The molecule has 2 aromatic carbocycles. The summed E-state index contributed by atoms with van der Waals surface area (Å²) in [6.45, 7) is 21.5. The molecule has 2 aromatic rings. The summed E-state index contributed by atoms with van der Waals surface area (Å²) in [5.74, 6) is -1.30. The van der Waals surface area contributed by atoms with Crippen molar-refractivity contribution >= 4 is 64.3 Å². The van der Waals surface area contributed by atoms with Crippen molar-refractivity contribution < 1.29 is 33.4 Å². The number of hydrogen-bond donors (Lipinski definition) is 2. The monoisotopic (exact) mass is 743 g/mol. The fourth-order valence-electron chi connectivity index (χ4n) is 5.56. The van der Waals surface area contributed by atoms with Crippen LogP contribution in [0.3, 0.4) is 0 Å². The molecule has 1 aliphatic rings. The van der Waals surface area contributed by atoms with E-state index in [-0.39, 0.29) is 33.9 Å². The summed E-state index contributed by atoms with van der Waals surface area (Å²) in [7, 11) is 0. The van der Waals surface area contributed by atoms with Crippen LogP contribution in [0.1, 0.15) is 113 Å². The molecule has 0 aromatic heterocycles. The molecule has 12 heteroatoms. The number of thioether (sulfide) groups is 1. The van der Waals surface area contributed by atoms with E-state index >= 15 is 0 Å². The zero-order valence-electron chi connectivity index (χ0n) is 31.9. The van der Waals surface area contributed by atoms with Crippen molar-refractivity contribution in [2.24, 2.45) is 0 Å². The number of ether oxygens (including phenoxy) is 2. The summed E-state index contributed by atoms with van der Waals surface area (Å²) < 4.78 is 10.3. The summed E-state index contributed by atoms with van der Waals surface area (Å²) in [4.78, 5) is 67.0. The molecule has 0 aliphatic carbocycles. The van der Waals surface area contributed by atoms with Crippen LogP contribution in [0.2, 0.25) is 5.02 Å². The number of nitrogens with zero attached hydrogens (tertiary/aromatic N) is 1. The second-order valence-electron chi connectivity index (χ2n) is 15.1. The van der Waals surface area contributed by atoms with Gasteiger partial charge >= 0.3 is 6.09 Å². The maximum Gasteiger partial charge on any atom is 0.418 e. The van der Waals surface area contributed by atoms with Crippen molar-refractivity contribution in [1.29, 1.82) is 0 Å². The Hall–Kier alpha value is -3.57. The Morgan fingerprint density at radius 1 is 0.941 bits per heavy atom. The average molecular weight is 744 g/mol. The van der Waals surface area contributed by atoms with E-state index in [4.69, 9.17) is 21.1 Å². The maximum atomic E-state index is 13.8. The number of imide groups is 1. The second-order valence-corrected chi connectivity index (χ2v) is 17.4. The minimum Gasteiger partial charge on any atom is -0.493 e. The normalized spacial score (nSPS) is 15.3. The van der Waals surface area contributed by atoms with Gasteiger partial charge in [0, 0.05) is 17.7 Å². The van der Waals surface area contributed by atoms with Crippen LogP contribution in [-0.2, 0) is 34.7 Å². The van der Waals surface area contributed by atoms with Gasteiger partial charge in [0.05, 0.1) is 22.1 Å². The van der Waals surface area contributed by atoms with E-state index in [0.29, 0.717) is 29.4 Å². The van der Waals surface area contributed by atoms with E-state index in [1.54, 1.807) is 19.9 Å². The topological polar surface area (TPSA) is 131 Å². The van der Waals surface area contributed by atoms with Crippen LogP contribution in [0.5, 0.6) is 5.75 Å². The second kappa shape index (κ2) is 16.4. The molecule has 10 nitrogen and oxygen atoms in total. The molecule has 1 unspecified atom stereocenters. The first-order valence-electron chi connectivity index (χ1n) is 17.5. The van der Waals surface area contributed by atoms with Crippen molar-refractivity contribution in [3.8, 4) is 5.75 Å². The van der Waals surface area contributed by atoms with Crippen LogP contribution in [-0.4, -0.2) is 63.2 Å². The lowest BCUT2D eigenvalue weighted by atomic mass is 9.76. The quantitative estimate of drug-likeness (QED) is 0.122. The predicted molar refractivity (Wildman–Crippen MR) is 205 cm³/mol. The summed E-state index contributed by atoms with van der Waals surface area (Å²) in [5, 5.41) is 5.54. The number of halogens is 1. The smallest absolute Gasteiger partial charge is 0.418 e. The Balaban J connectivity index is 1.72. The molecule has 0 saturated carbocycles. The number of anilines is 2. The highest BCUT2D eigenvalue weighted by atomic mass is 35.5. The van der Waals surface area contributed by atoms with Crippen LogP contribution >= 0.6 is 23.4 Å². The molecule has 0 radical (unpaired) electrons. The van der Waals surface area contributed by atoms with Gasteiger partial charge in [-0.3, -0.25) is 19.2 Å². The number of carbonyl (C=O) groups is 5. The molecule has 4 amide bonds. The summed E-state index contributed by atoms with van der Waals surface area (Å²) >= 11 is 7.69. The molecule has 0 bridgehead atoms. The van der Waals surface area contributed by atoms with Gasteiger partial charge in [0.25, 0.3) is 11.8 Å². The Morgan fingerprint density at radius 2 is 1.59 bits per heavy atom. The predicted octanol–water partition coefficient (Wildman–Crippen LogP) is 8.68. The van der Waals surface area contributed by atoms with E-state index in [1.165, 1.54) is 43.3 Å². The molecule has 3 rings (SSSR count). The van der Waals surface area contributed by atoms with Gasteiger partial charge in [-0.05, 0) is 93.4 Å².